The minimum atomic E-state index is -0.598. The number of hydrogen-bond donors (Lipinski definition) is 4. The van der Waals surface area contributed by atoms with Crippen LogP contribution in [0.25, 0.3) is 17.1 Å². The Hall–Kier alpha value is -3.70. The second-order valence-electron chi connectivity index (χ2n) is 9.18. The fraction of sp³-hybridized carbons (Fsp3) is 0.400. The molecular formula is C25H30FN5O5. The van der Waals surface area contributed by atoms with Crippen molar-refractivity contribution in [1.29, 1.82) is 0 Å². The average Bonchev–Trinajstić information content (AvgIpc) is 3.21. The van der Waals surface area contributed by atoms with Crippen LogP contribution >= 0.6 is 0 Å². The Morgan fingerprint density at radius 1 is 1.11 bits per heavy atom. The van der Waals surface area contributed by atoms with E-state index in [0.29, 0.717) is 43.9 Å². The van der Waals surface area contributed by atoms with E-state index in [0.717, 1.165) is 0 Å². The standard InChI is InChI=1S/C25H30FN5O5/c1-15(2)18-12-19(22(34)13-21(18)33)24-27-28-25(36)31(24)17-4-3-16(20(26)11-17)14-29-6-8-30(9-7-29)23(35)5-10-32/h3-4,11-13,15,32-34H,5-10,14H2,1-2H3,(H,28,36). The molecule has 1 aliphatic heterocycles. The first kappa shape index (κ1) is 25.4. The van der Waals surface area contributed by atoms with Gasteiger partial charge in [-0.1, -0.05) is 19.9 Å². The van der Waals surface area contributed by atoms with Gasteiger partial charge in [-0.15, -0.1) is 0 Å². The average molecular weight is 500 g/mol. The van der Waals surface area contributed by atoms with E-state index in [1.54, 1.807) is 23.1 Å². The number of halogens is 1. The highest BCUT2D eigenvalue weighted by Gasteiger charge is 2.23. The Balaban J connectivity index is 1.57. The van der Waals surface area contributed by atoms with Gasteiger partial charge in [-0.2, -0.15) is 5.10 Å². The number of phenols is 2. The van der Waals surface area contributed by atoms with E-state index in [1.807, 2.05) is 18.7 Å². The van der Waals surface area contributed by atoms with Crippen LogP contribution in [0.4, 0.5) is 4.39 Å². The number of aliphatic hydroxyl groups excluding tert-OH is 1. The highest BCUT2D eigenvalue weighted by atomic mass is 19.1. The van der Waals surface area contributed by atoms with Crippen molar-refractivity contribution in [2.45, 2.75) is 32.7 Å². The molecule has 0 saturated carbocycles. The zero-order chi connectivity index (χ0) is 26.0. The van der Waals surface area contributed by atoms with Crippen LogP contribution < -0.4 is 5.69 Å². The highest BCUT2D eigenvalue weighted by molar-refractivity contribution is 5.76. The third-order valence-electron chi connectivity index (χ3n) is 6.42. The van der Waals surface area contributed by atoms with Crippen LogP contribution in [-0.4, -0.2) is 78.6 Å². The molecule has 2 heterocycles. The first-order valence-electron chi connectivity index (χ1n) is 11.8. The van der Waals surface area contributed by atoms with Gasteiger partial charge >= 0.3 is 5.69 Å². The highest BCUT2D eigenvalue weighted by Crippen LogP contribution is 2.37. The molecule has 2 aromatic carbocycles. The van der Waals surface area contributed by atoms with Crippen LogP contribution in [0.1, 0.15) is 37.3 Å². The molecule has 0 radical (unpaired) electrons. The number of aliphatic hydroxyl groups is 1. The summed E-state index contributed by atoms with van der Waals surface area (Å²) in [5.74, 6) is -0.863. The smallest absolute Gasteiger partial charge is 0.348 e. The summed E-state index contributed by atoms with van der Waals surface area (Å²) in [6.45, 7) is 6.13. The van der Waals surface area contributed by atoms with Crippen molar-refractivity contribution in [2.75, 3.05) is 32.8 Å². The van der Waals surface area contributed by atoms with Gasteiger partial charge in [0.2, 0.25) is 5.91 Å². The molecule has 4 rings (SSSR count). The molecule has 0 spiro atoms. The van der Waals surface area contributed by atoms with Crippen molar-refractivity contribution in [3.63, 3.8) is 0 Å². The van der Waals surface area contributed by atoms with Crippen LogP contribution in [0.15, 0.2) is 35.1 Å². The number of H-pyrrole nitrogens is 1. The zero-order valence-corrected chi connectivity index (χ0v) is 20.2. The molecule has 1 amide bonds. The number of benzene rings is 2. The molecule has 36 heavy (non-hydrogen) atoms. The maximum atomic E-state index is 15.1. The number of aromatic amines is 1. The van der Waals surface area contributed by atoms with Gasteiger partial charge in [0.1, 0.15) is 17.3 Å². The number of piperazine rings is 1. The van der Waals surface area contributed by atoms with E-state index < -0.39 is 11.5 Å². The van der Waals surface area contributed by atoms with Crippen molar-refractivity contribution in [1.82, 2.24) is 24.6 Å². The fourth-order valence-corrected chi connectivity index (χ4v) is 4.41. The van der Waals surface area contributed by atoms with Gasteiger partial charge < -0.3 is 20.2 Å². The van der Waals surface area contributed by atoms with E-state index in [9.17, 15) is 19.8 Å². The fourth-order valence-electron chi connectivity index (χ4n) is 4.41. The molecule has 0 atom stereocenters. The molecule has 0 unspecified atom stereocenters. The second kappa shape index (κ2) is 10.5. The van der Waals surface area contributed by atoms with Gasteiger partial charge in [0.05, 0.1) is 17.9 Å². The number of amides is 1. The van der Waals surface area contributed by atoms with Gasteiger partial charge in [-0.05, 0) is 29.7 Å². The number of aromatic hydroxyl groups is 2. The number of phenolic OH excluding ortho intramolecular Hbond substituents is 2. The number of nitrogens with one attached hydrogen (secondary N) is 1. The summed E-state index contributed by atoms with van der Waals surface area (Å²) >= 11 is 0. The third kappa shape index (κ3) is 5.12. The Morgan fingerprint density at radius 3 is 2.47 bits per heavy atom. The van der Waals surface area contributed by atoms with Gasteiger partial charge in [0.15, 0.2) is 5.82 Å². The summed E-state index contributed by atoms with van der Waals surface area (Å²) < 4.78 is 16.3. The van der Waals surface area contributed by atoms with E-state index in [-0.39, 0.29) is 53.4 Å². The van der Waals surface area contributed by atoms with Crippen molar-refractivity contribution in [3.05, 3.63) is 57.8 Å². The molecule has 4 N–H and O–H groups in total. The molecule has 10 nitrogen and oxygen atoms in total. The lowest BCUT2D eigenvalue weighted by Gasteiger charge is -2.34. The van der Waals surface area contributed by atoms with E-state index >= 15 is 4.39 Å². The van der Waals surface area contributed by atoms with Gasteiger partial charge in [-0.3, -0.25) is 9.69 Å². The van der Waals surface area contributed by atoms with Gasteiger partial charge in [0, 0.05) is 50.8 Å². The predicted octanol–water partition coefficient (Wildman–Crippen LogP) is 1.93. The van der Waals surface area contributed by atoms with Crippen LogP contribution in [0.3, 0.4) is 0 Å². The molecule has 11 heteroatoms. The molecule has 192 valence electrons. The molecular weight excluding hydrogens is 469 g/mol. The quantitative estimate of drug-likeness (QED) is 0.390. The van der Waals surface area contributed by atoms with Crippen molar-refractivity contribution >= 4 is 5.91 Å². The minimum Gasteiger partial charge on any atom is -0.508 e. The van der Waals surface area contributed by atoms with Gasteiger partial charge in [-0.25, -0.2) is 18.9 Å². The van der Waals surface area contributed by atoms with E-state index in [1.165, 1.54) is 16.7 Å². The van der Waals surface area contributed by atoms with Crippen molar-refractivity contribution in [3.8, 4) is 28.6 Å². The largest absolute Gasteiger partial charge is 0.508 e. The lowest BCUT2D eigenvalue weighted by Crippen LogP contribution is -2.48. The number of carbonyl (C=O) groups excluding carboxylic acids is 1. The summed E-state index contributed by atoms with van der Waals surface area (Å²) in [4.78, 5) is 28.3. The Bertz CT molecular complexity index is 1310. The minimum absolute atomic E-state index is 0.0464. The lowest BCUT2D eigenvalue weighted by molar-refractivity contribution is -0.133. The molecule has 1 aliphatic rings. The molecule has 0 aliphatic carbocycles. The first-order chi connectivity index (χ1) is 17.2. The Kier molecular flexibility index (Phi) is 7.41. The summed E-state index contributed by atoms with van der Waals surface area (Å²) in [5.41, 5.74) is 0.890. The normalized spacial score (nSPS) is 14.5. The number of carbonyl (C=O) groups is 1. The SMILES string of the molecule is CC(C)c1cc(-c2n[nH]c(=O)n2-c2ccc(CN3CCN(C(=O)CCO)CC3)c(F)c2)c(O)cc1O. The molecule has 1 fully saturated rings. The number of nitrogens with zero attached hydrogens (tertiary/aromatic N) is 4. The lowest BCUT2D eigenvalue weighted by atomic mass is 9.98. The predicted molar refractivity (Wildman–Crippen MR) is 131 cm³/mol. The van der Waals surface area contributed by atoms with Crippen molar-refractivity contribution < 1.29 is 24.5 Å². The summed E-state index contributed by atoms with van der Waals surface area (Å²) in [7, 11) is 0. The Labute approximate surface area is 207 Å². The zero-order valence-electron chi connectivity index (χ0n) is 20.2. The Morgan fingerprint density at radius 2 is 1.83 bits per heavy atom. The monoisotopic (exact) mass is 499 g/mol. The van der Waals surface area contributed by atoms with Crippen LogP contribution in [0.5, 0.6) is 11.5 Å². The molecule has 0 bridgehead atoms. The summed E-state index contributed by atoms with van der Waals surface area (Å²) in [6, 6.07) is 7.23. The molecule has 3 aromatic rings. The van der Waals surface area contributed by atoms with Gasteiger partial charge in [0.25, 0.3) is 0 Å². The van der Waals surface area contributed by atoms with Crippen LogP contribution in [-0.2, 0) is 11.3 Å². The third-order valence-corrected chi connectivity index (χ3v) is 6.42. The molecule has 1 saturated heterocycles. The number of aromatic nitrogens is 3. The van der Waals surface area contributed by atoms with E-state index in [4.69, 9.17) is 5.11 Å². The topological polar surface area (TPSA) is 135 Å². The summed E-state index contributed by atoms with van der Waals surface area (Å²) in [6.07, 6.45) is 0.103. The van der Waals surface area contributed by atoms with Crippen molar-refractivity contribution in [2.24, 2.45) is 0 Å². The molecule has 1 aromatic heterocycles. The maximum Gasteiger partial charge on any atom is 0.348 e. The number of hydrogen-bond acceptors (Lipinski definition) is 7. The maximum absolute atomic E-state index is 15.1. The number of rotatable bonds is 7. The second-order valence-corrected chi connectivity index (χ2v) is 9.18. The first-order valence-corrected chi connectivity index (χ1v) is 11.8. The van der Waals surface area contributed by atoms with Crippen LogP contribution in [0, 0.1) is 5.82 Å². The summed E-state index contributed by atoms with van der Waals surface area (Å²) in [5, 5.41) is 35.9. The van der Waals surface area contributed by atoms with E-state index in [2.05, 4.69) is 10.2 Å². The van der Waals surface area contributed by atoms with Crippen LogP contribution in [0.2, 0.25) is 0 Å².